The molecule has 4 aromatic rings. The molecule has 0 aromatic heterocycles. The van der Waals surface area contributed by atoms with Gasteiger partial charge in [0.2, 0.25) is 0 Å². The molecule has 8 rings (SSSR count). The fraction of sp³-hybridized carbons (Fsp3) is 0.295. The predicted molar refractivity (Wildman–Crippen MR) is 201 cm³/mol. The Morgan fingerprint density at radius 3 is 2.34 bits per heavy atom. The number of ketones is 1. The van der Waals surface area contributed by atoms with Crippen LogP contribution >= 0.6 is 0 Å². The summed E-state index contributed by atoms with van der Waals surface area (Å²) in [4.78, 5) is 13.8. The maximum atomic E-state index is 13.8. The van der Waals surface area contributed by atoms with Crippen molar-refractivity contribution in [2.75, 3.05) is 28.4 Å². The molecule has 0 saturated carbocycles. The number of fused-ring (bicyclic) bond motifs is 5. The standard InChI is InChI=1S/C44H42O9/c1-24-20-31-28-12-11-27(48-5)23-38(28)52-44(33-14-17-35(49-6)30-18-19-43(2,3)53-42(30)33)40(31)32(21-24)39-36(51-44)16-13-29(41(39)46)34(45)15-9-25-8-10-26(47-4)22-37(25)50-7/h8-19,21-23,31-32,40,46H,20H2,1-7H3/b15-9+/t31-,32-,40-,44-/m1/s1. The van der Waals surface area contributed by atoms with Gasteiger partial charge in [-0.1, -0.05) is 17.7 Å². The Morgan fingerprint density at radius 2 is 1.58 bits per heavy atom. The Balaban J connectivity index is 1.31. The van der Waals surface area contributed by atoms with Crippen LogP contribution in [-0.4, -0.2) is 44.9 Å². The second-order valence-corrected chi connectivity index (χ2v) is 14.4. The molecule has 0 unspecified atom stereocenters. The molecule has 9 nitrogen and oxygen atoms in total. The first-order chi connectivity index (χ1) is 25.5. The van der Waals surface area contributed by atoms with Crippen molar-refractivity contribution >= 4 is 17.9 Å². The van der Waals surface area contributed by atoms with Crippen molar-refractivity contribution in [2.45, 2.75) is 50.4 Å². The highest BCUT2D eigenvalue weighted by atomic mass is 16.7. The summed E-state index contributed by atoms with van der Waals surface area (Å²) in [7, 11) is 6.41. The van der Waals surface area contributed by atoms with Crippen molar-refractivity contribution in [3.05, 3.63) is 118 Å². The molecule has 0 saturated heterocycles. The first-order valence-electron chi connectivity index (χ1n) is 17.6. The number of aromatic hydroxyl groups is 1. The molecule has 4 aromatic carbocycles. The lowest BCUT2D eigenvalue weighted by Gasteiger charge is -2.55. The van der Waals surface area contributed by atoms with E-state index in [1.165, 1.54) is 6.08 Å². The zero-order valence-electron chi connectivity index (χ0n) is 30.8. The molecule has 3 heterocycles. The number of hydrogen-bond donors (Lipinski definition) is 1. The zero-order valence-corrected chi connectivity index (χ0v) is 30.8. The van der Waals surface area contributed by atoms with Gasteiger partial charge in [-0.3, -0.25) is 4.79 Å². The number of rotatable bonds is 8. The molecule has 1 aliphatic carbocycles. The van der Waals surface area contributed by atoms with E-state index in [-0.39, 0.29) is 28.9 Å². The molecule has 0 radical (unpaired) electrons. The molecule has 0 amide bonds. The van der Waals surface area contributed by atoms with E-state index in [4.69, 9.17) is 33.2 Å². The van der Waals surface area contributed by atoms with Crippen LogP contribution < -0.4 is 33.2 Å². The molecule has 0 spiro atoms. The van der Waals surface area contributed by atoms with Crippen LogP contribution in [0.5, 0.6) is 46.0 Å². The molecule has 0 fully saturated rings. The van der Waals surface area contributed by atoms with Gasteiger partial charge in [0.1, 0.15) is 51.6 Å². The zero-order chi connectivity index (χ0) is 37.2. The number of phenolic OH excluding ortho intramolecular Hbond substituents is 1. The number of phenols is 1. The highest BCUT2D eigenvalue weighted by Gasteiger charge is 2.62. The number of allylic oxidation sites excluding steroid dienone is 3. The summed E-state index contributed by atoms with van der Waals surface area (Å²) in [5.74, 6) is 1.43. The van der Waals surface area contributed by atoms with Gasteiger partial charge >= 0.3 is 0 Å². The van der Waals surface area contributed by atoms with E-state index in [9.17, 15) is 9.90 Å². The normalized spacial score (nSPS) is 22.8. The largest absolute Gasteiger partial charge is 0.507 e. The maximum Gasteiger partial charge on any atom is 0.285 e. The Labute approximate surface area is 309 Å². The summed E-state index contributed by atoms with van der Waals surface area (Å²) in [5, 5.41) is 12.1. The second kappa shape index (κ2) is 12.7. The lowest BCUT2D eigenvalue weighted by atomic mass is 9.60. The third-order valence-electron chi connectivity index (χ3n) is 10.8. The van der Waals surface area contributed by atoms with E-state index in [1.54, 1.807) is 58.8 Å². The molecule has 53 heavy (non-hydrogen) atoms. The molecule has 272 valence electrons. The van der Waals surface area contributed by atoms with Crippen LogP contribution in [-0.2, 0) is 5.79 Å². The Morgan fingerprint density at radius 1 is 0.849 bits per heavy atom. The van der Waals surface area contributed by atoms with E-state index in [1.807, 2.05) is 56.3 Å². The number of ether oxygens (including phenoxy) is 7. The molecule has 9 heteroatoms. The van der Waals surface area contributed by atoms with Crippen LogP contribution in [0.2, 0.25) is 0 Å². The highest BCUT2D eigenvalue weighted by Crippen LogP contribution is 2.66. The molecule has 0 bridgehead atoms. The minimum atomic E-state index is -1.40. The van der Waals surface area contributed by atoms with Gasteiger partial charge in [0.25, 0.3) is 5.79 Å². The van der Waals surface area contributed by atoms with E-state index in [2.05, 4.69) is 19.1 Å². The van der Waals surface area contributed by atoms with E-state index < -0.39 is 17.3 Å². The smallest absolute Gasteiger partial charge is 0.285 e. The summed E-state index contributed by atoms with van der Waals surface area (Å²) >= 11 is 0. The number of methoxy groups -OCH3 is 4. The summed E-state index contributed by atoms with van der Waals surface area (Å²) in [6.07, 6.45) is 10.1. The fourth-order valence-electron chi connectivity index (χ4n) is 8.37. The third-order valence-corrected chi connectivity index (χ3v) is 10.8. The molecule has 4 aliphatic rings. The van der Waals surface area contributed by atoms with Gasteiger partial charge in [-0.15, -0.1) is 0 Å². The SMILES string of the molecule is COc1ccc(/C=C/C(=O)c2ccc3c(c2O)[C@H]2C=C(C)C[C@@H]4c5ccc(OC)cc5O[C@@](c5ccc(OC)c6c5OC(C)(C)C=C6)(O3)[C@@H]24)c(OC)c1. The van der Waals surface area contributed by atoms with Crippen molar-refractivity contribution < 1.29 is 43.1 Å². The Hall–Kier alpha value is -5.83. The lowest BCUT2D eigenvalue weighted by Crippen LogP contribution is -2.56. The highest BCUT2D eigenvalue weighted by molar-refractivity contribution is 6.09. The molecule has 1 N–H and O–H groups in total. The molecular formula is C44H42O9. The topological polar surface area (TPSA) is 102 Å². The maximum absolute atomic E-state index is 13.8. The number of carbonyl (C=O) groups excluding carboxylic acids is 1. The quantitative estimate of drug-likeness (QED) is 0.109. The summed E-state index contributed by atoms with van der Waals surface area (Å²) in [6, 6.07) is 18.5. The number of hydrogen-bond acceptors (Lipinski definition) is 9. The van der Waals surface area contributed by atoms with Crippen molar-refractivity contribution in [3.63, 3.8) is 0 Å². The van der Waals surface area contributed by atoms with Gasteiger partial charge in [0.05, 0.1) is 51.0 Å². The third kappa shape index (κ3) is 5.48. The molecule has 4 atom stereocenters. The minimum absolute atomic E-state index is 0.0844. The van der Waals surface area contributed by atoms with Crippen LogP contribution in [0.3, 0.4) is 0 Å². The summed E-state index contributed by atoms with van der Waals surface area (Å²) < 4.78 is 43.3. The van der Waals surface area contributed by atoms with Crippen LogP contribution in [0.4, 0.5) is 0 Å². The van der Waals surface area contributed by atoms with E-state index in [0.29, 0.717) is 56.9 Å². The average molecular weight is 715 g/mol. The van der Waals surface area contributed by atoms with Crippen molar-refractivity contribution in [1.82, 2.24) is 0 Å². The summed E-state index contributed by atoms with van der Waals surface area (Å²) in [6.45, 7) is 6.11. The Bertz CT molecular complexity index is 2250. The van der Waals surface area contributed by atoms with Crippen LogP contribution in [0.15, 0.2) is 84.5 Å². The van der Waals surface area contributed by atoms with E-state index >= 15 is 0 Å². The molecular weight excluding hydrogens is 672 g/mol. The van der Waals surface area contributed by atoms with Crippen molar-refractivity contribution in [3.8, 4) is 46.0 Å². The predicted octanol–water partition coefficient (Wildman–Crippen LogP) is 8.98. The van der Waals surface area contributed by atoms with E-state index in [0.717, 1.165) is 23.1 Å². The van der Waals surface area contributed by atoms with Gasteiger partial charge in [-0.2, -0.15) is 0 Å². The molecule has 3 aliphatic heterocycles. The first-order valence-corrected chi connectivity index (χ1v) is 17.6. The van der Waals surface area contributed by atoms with Crippen LogP contribution in [0, 0.1) is 5.92 Å². The van der Waals surface area contributed by atoms with Gasteiger partial charge < -0.3 is 38.3 Å². The minimum Gasteiger partial charge on any atom is -0.507 e. The number of benzene rings is 4. The Kier molecular flexibility index (Phi) is 8.20. The van der Waals surface area contributed by atoms with Crippen LogP contribution in [0.1, 0.15) is 77.2 Å². The monoisotopic (exact) mass is 714 g/mol. The average Bonchev–Trinajstić information content (AvgIpc) is 3.15. The van der Waals surface area contributed by atoms with Crippen molar-refractivity contribution in [2.24, 2.45) is 5.92 Å². The van der Waals surface area contributed by atoms with Gasteiger partial charge in [0, 0.05) is 35.1 Å². The lowest BCUT2D eigenvalue weighted by molar-refractivity contribution is -0.198. The first kappa shape index (κ1) is 34.3. The fourth-order valence-corrected chi connectivity index (χ4v) is 8.37. The second-order valence-electron chi connectivity index (χ2n) is 14.4. The van der Waals surface area contributed by atoms with Gasteiger partial charge in [0.15, 0.2) is 5.78 Å². The van der Waals surface area contributed by atoms with Crippen molar-refractivity contribution in [1.29, 1.82) is 0 Å². The van der Waals surface area contributed by atoms with Crippen LogP contribution in [0.25, 0.3) is 12.2 Å². The number of carbonyl (C=O) groups is 1. The van der Waals surface area contributed by atoms with Gasteiger partial charge in [-0.05, 0) is 99.5 Å². The summed E-state index contributed by atoms with van der Waals surface area (Å²) in [5.41, 5.74) is 4.44. The van der Waals surface area contributed by atoms with Gasteiger partial charge in [-0.25, -0.2) is 0 Å².